The fourth-order valence-electron chi connectivity index (χ4n) is 0.461. The van der Waals surface area contributed by atoms with Crippen molar-refractivity contribution in [1.29, 1.82) is 0 Å². The zero-order valence-corrected chi connectivity index (χ0v) is 4.63. The van der Waals surface area contributed by atoms with E-state index in [1.165, 1.54) is 0 Å². The maximum Gasteiger partial charge on any atom is 0.0838 e. The van der Waals surface area contributed by atoms with Crippen LogP contribution in [0.1, 0.15) is 6.92 Å². The highest BCUT2D eigenvalue weighted by molar-refractivity contribution is 4.64. The van der Waals surface area contributed by atoms with Crippen LogP contribution in [0.3, 0.4) is 0 Å². The zero-order valence-electron chi connectivity index (χ0n) is 4.63. The van der Waals surface area contributed by atoms with E-state index in [1.54, 1.807) is 0 Å². The van der Waals surface area contributed by atoms with Crippen molar-refractivity contribution in [2.45, 2.75) is 13.0 Å². The van der Waals surface area contributed by atoms with Crippen molar-refractivity contribution < 1.29 is 0 Å². The molecule has 1 aliphatic heterocycles. The first kappa shape index (κ1) is 4.56. The first-order chi connectivity index (χ1) is 3.30. The highest BCUT2D eigenvalue weighted by Crippen LogP contribution is 2.03. The topological polar surface area (TPSA) is 28.0 Å². The monoisotopic (exact) mass is 99.1 g/mol. The fraction of sp³-hybridized carbons (Fsp3) is 1.00. The lowest BCUT2D eigenvalue weighted by Gasteiger charge is -2.08. The van der Waals surface area contributed by atoms with E-state index in [0.29, 0.717) is 6.04 Å². The normalized spacial score (nSPS) is 29.4. The number of nitrogens with zero attached hydrogens (tertiary/aromatic N) is 3. The van der Waals surface area contributed by atoms with E-state index in [-0.39, 0.29) is 0 Å². The molecule has 1 rings (SSSR count). The molecule has 0 radical (unpaired) electrons. The highest BCUT2D eigenvalue weighted by atomic mass is 15.6. The van der Waals surface area contributed by atoms with Gasteiger partial charge in [-0.2, -0.15) is 5.11 Å². The Morgan fingerprint density at radius 2 is 2.43 bits per heavy atom. The third kappa shape index (κ3) is 0.706. The smallest absolute Gasteiger partial charge is 0.0838 e. The summed E-state index contributed by atoms with van der Waals surface area (Å²) in [5.74, 6) is 0. The summed E-state index contributed by atoms with van der Waals surface area (Å²) < 4.78 is 0. The molecular formula is C4H9N3. The molecule has 3 heteroatoms. The second-order valence-corrected chi connectivity index (χ2v) is 1.84. The third-order valence-electron chi connectivity index (χ3n) is 1.19. The van der Waals surface area contributed by atoms with Crippen LogP contribution in [0.2, 0.25) is 0 Å². The van der Waals surface area contributed by atoms with Gasteiger partial charge in [0.25, 0.3) is 0 Å². The van der Waals surface area contributed by atoms with E-state index >= 15 is 0 Å². The predicted molar refractivity (Wildman–Crippen MR) is 26.9 cm³/mol. The number of hydrogen-bond acceptors (Lipinski definition) is 3. The predicted octanol–water partition coefficient (Wildman–Crippen LogP) is 0.688. The van der Waals surface area contributed by atoms with E-state index < -0.39 is 0 Å². The quantitative estimate of drug-likeness (QED) is 0.439. The lowest BCUT2D eigenvalue weighted by molar-refractivity contribution is 0.311. The van der Waals surface area contributed by atoms with Crippen LogP contribution in [0.5, 0.6) is 0 Å². The Labute approximate surface area is 43.0 Å². The molecule has 0 aromatic heterocycles. The summed E-state index contributed by atoms with van der Waals surface area (Å²) in [7, 11) is 1.93. The van der Waals surface area contributed by atoms with Gasteiger partial charge in [0, 0.05) is 7.05 Å². The minimum atomic E-state index is 0.514. The number of hydrogen-bond donors (Lipinski definition) is 0. The van der Waals surface area contributed by atoms with Gasteiger partial charge in [-0.25, -0.2) is 0 Å². The Morgan fingerprint density at radius 3 is 2.57 bits per heavy atom. The molecule has 0 saturated carbocycles. The van der Waals surface area contributed by atoms with Gasteiger partial charge >= 0.3 is 0 Å². The van der Waals surface area contributed by atoms with Crippen LogP contribution >= 0.6 is 0 Å². The first-order valence-electron chi connectivity index (χ1n) is 2.41. The van der Waals surface area contributed by atoms with Crippen LogP contribution in [-0.2, 0) is 0 Å². The Hall–Kier alpha value is -0.600. The molecule has 1 aliphatic rings. The van der Waals surface area contributed by atoms with Crippen molar-refractivity contribution in [2.75, 3.05) is 13.6 Å². The molecule has 0 aromatic carbocycles. The zero-order chi connectivity index (χ0) is 5.28. The Bertz CT molecular complexity index is 88.9. The molecule has 0 aromatic rings. The van der Waals surface area contributed by atoms with Gasteiger partial charge in [0.2, 0.25) is 0 Å². The lowest BCUT2D eigenvalue weighted by Crippen LogP contribution is -2.20. The van der Waals surface area contributed by atoms with Crippen LogP contribution in [-0.4, -0.2) is 24.6 Å². The largest absolute Gasteiger partial charge is 0.277 e. The van der Waals surface area contributed by atoms with Crippen molar-refractivity contribution in [3.8, 4) is 0 Å². The number of rotatable bonds is 0. The second kappa shape index (κ2) is 1.48. The SMILES string of the molecule is CC1CN=NN1C. The lowest BCUT2D eigenvalue weighted by atomic mass is 10.4. The summed E-state index contributed by atoms with van der Waals surface area (Å²) in [6, 6.07) is 0.514. The minimum absolute atomic E-state index is 0.514. The summed E-state index contributed by atoms with van der Waals surface area (Å²) in [4.78, 5) is 0. The third-order valence-corrected chi connectivity index (χ3v) is 1.19. The Morgan fingerprint density at radius 1 is 1.71 bits per heavy atom. The van der Waals surface area contributed by atoms with E-state index in [9.17, 15) is 0 Å². The van der Waals surface area contributed by atoms with E-state index in [0.717, 1.165) is 6.54 Å². The van der Waals surface area contributed by atoms with Crippen LogP contribution in [0.15, 0.2) is 10.3 Å². The fourth-order valence-corrected chi connectivity index (χ4v) is 0.461. The molecule has 40 valence electrons. The maximum absolute atomic E-state index is 3.80. The molecular weight excluding hydrogens is 90.1 g/mol. The summed E-state index contributed by atoms with van der Waals surface area (Å²) in [6.07, 6.45) is 0. The van der Waals surface area contributed by atoms with Crippen molar-refractivity contribution in [3.63, 3.8) is 0 Å². The molecule has 1 atom stereocenters. The average Bonchev–Trinajstić information content (AvgIpc) is 1.91. The van der Waals surface area contributed by atoms with Crippen LogP contribution in [0, 0.1) is 0 Å². The second-order valence-electron chi connectivity index (χ2n) is 1.84. The molecule has 1 unspecified atom stereocenters. The minimum Gasteiger partial charge on any atom is -0.277 e. The maximum atomic E-state index is 3.80. The van der Waals surface area contributed by atoms with Gasteiger partial charge in [-0.1, -0.05) is 5.22 Å². The van der Waals surface area contributed by atoms with Crippen molar-refractivity contribution in [2.24, 2.45) is 10.3 Å². The Kier molecular flexibility index (Phi) is 0.964. The molecule has 0 amide bonds. The van der Waals surface area contributed by atoms with Crippen LogP contribution in [0.4, 0.5) is 0 Å². The van der Waals surface area contributed by atoms with Crippen LogP contribution < -0.4 is 0 Å². The van der Waals surface area contributed by atoms with E-state index in [2.05, 4.69) is 17.3 Å². The summed E-state index contributed by atoms with van der Waals surface area (Å²) >= 11 is 0. The molecule has 0 N–H and O–H groups in total. The highest BCUT2D eigenvalue weighted by Gasteiger charge is 2.10. The molecule has 1 heterocycles. The van der Waals surface area contributed by atoms with Crippen molar-refractivity contribution in [1.82, 2.24) is 5.01 Å². The number of likely N-dealkylation sites (N-methyl/N-ethyl adjacent to an activating group) is 1. The molecule has 0 saturated heterocycles. The van der Waals surface area contributed by atoms with Gasteiger partial charge in [-0.05, 0) is 6.92 Å². The van der Waals surface area contributed by atoms with Gasteiger partial charge in [-0.3, -0.25) is 5.01 Å². The first-order valence-corrected chi connectivity index (χ1v) is 2.41. The van der Waals surface area contributed by atoms with Crippen molar-refractivity contribution >= 4 is 0 Å². The molecule has 0 aliphatic carbocycles. The molecule has 7 heavy (non-hydrogen) atoms. The molecule has 0 bridgehead atoms. The Balaban J connectivity index is 2.45. The van der Waals surface area contributed by atoms with Gasteiger partial charge in [0.1, 0.15) is 0 Å². The van der Waals surface area contributed by atoms with Gasteiger partial charge in [-0.15, -0.1) is 0 Å². The van der Waals surface area contributed by atoms with E-state index in [4.69, 9.17) is 0 Å². The van der Waals surface area contributed by atoms with Gasteiger partial charge in [0.05, 0.1) is 12.6 Å². The summed E-state index contributed by atoms with van der Waals surface area (Å²) in [5, 5.41) is 9.43. The van der Waals surface area contributed by atoms with Gasteiger partial charge < -0.3 is 0 Å². The molecule has 0 fully saturated rings. The standard InChI is InChI=1S/C4H9N3/c1-4-3-5-6-7(4)2/h4H,3H2,1-2H3. The summed E-state index contributed by atoms with van der Waals surface area (Å²) in [6.45, 7) is 2.95. The van der Waals surface area contributed by atoms with Crippen molar-refractivity contribution in [3.05, 3.63) is 0 Å². The molecule has 3 nitrogen and oxygen atoms in total. The van der Waals surface area contributed by atoms with Gasteiger partial charge in [0.15, 0.2) is 0 Å². The van der Waals surface area contributed by atoms with Crippen LogP contribution in [0.25, 0.3) is 0 Å². The molecule has 0 spiro atoms. The summed E-state index contributed by atoms with van der Waals surface area (Å²) in [5.41, 5.74) is 0. The van der Waals surface area contributed by atoms with E-state index in [1.807, 2.05) is 12.1 Å². The average molecular weight is 99.1 g/mol.